The summed E-state index contributed by atoms with van der Waals surface area (Å²) in [5, 5.41) is 0. The minimum absolute atomic E-state index is 0. The largest absolute Gasteiger partial charge is 0.492 e. The van der Waals surface area contributed by atoms with Crippen LogP contribution in [0.1, 0.15) is 21.3 Å². The molecule has 0 N–H and O–H groups in total. The Morgan fingerprint density at radius 1 is 1.25 bits per heavy atom. The highest BCUT2D eigenvalue weighted by atomic mass is 16.5. The van der Waals surface area contributed by atoms with Crippen molar-refractivity contribution in [3.05, 3.63) is 35.6 Å². The number of hydrogen-bond acceptors (Lipinski definition) is 2. The summed E-state index contributed by atoms with van der Waals surface area (Å²) in [5.74, 6) is 1.49. The second kappa shape index (κ2) is 7.29. The van der Waals surface area contributed by atoms with Crippen molar-refractivity contribution in [2.24, 2.45) is 5.92 Å². The van der Waals surface area contributed by atoms with Crippen LogP contribution >= 0.6 is 0 Å². The molecule has 0 aromatic heterocycles. The van der Waals surface area contributed by atoms with Crippen LogP contribution in [0.25, 0.3) is 0 Å². The third kappa shape index (κ3) is 5.17. The molecule has 0 spiro atoms. The Morgan fingerprint density at radius 2 is 1.88 bits per heavy atom. The molecule has 92 valence electrons. The van der Waals surface area contributed by atoms with Crippen molar-refractivity contribution in [3.63, 3.8) is 0 Å². The van der Waals surface area contributed by atoms with Gasteiger partial charge in [0, 0.05) is 6.54 Å². The summed E-state index contributed by atoms with van der Waals surface area (Å²) in [7, 11) is 4.10. The topological polar surface area (TPSA) is 12.5 Å². The van der Waals surface area contributed by atoms with E-state index in [1.54, 1.807) is 0 Å². The fourth-order valence-corrected chi connectivity index (χ4v) is 1.31. The van der Waals surface area contributed by atoms with Gasteiger partial charge in [0.2, 0.25) is 0 Å². The van der Waals surface area contributed by atoms with E-state index in [0.29, 0.717) is 5.92 Å². The Bertz CT molecular complexity index is 287. The van der Waals surface area contributed by atoms with Crippen LogP contribution in [0.5, 0.6) is 0 Å². The van der Waals surface area contributed by atoms with E-state index in [0.717, 1.165) is 18.9 Å². The van der Waals surface area contributed by atoms with Crippen molar-refractivity contribution in [3.8, 4) is 0 Å². The van der Waals surface area contributed by atoms with Gasteiger partial charge in [0.25, 0.3) is 0 Å². The quantitative estimate of drug-likeness (QED) is 0.725. The number of ether oxygens (including phenoxy) is 1. The summed E-state index contributed by atoms with van der Waals surface area (Å²) in [4.78, 5) is 2.12. The lowest BCUT2D eigenvalue weighted by atomic mass is 10.1. The molecule has 2 heteroatoms. The minimum Gasteiger partial charge on any atom is -0.492 e. The number of hydrogen-bond donors (Lipinski definition) is 0. The fourth-order valence-electron chi connectivity index (χ4n) is 1.31. The Labute approximate surface area is 100 Å². The van der Waals surface area contributed by atoms with Crippen LogP contribution in [0.4, 0.5) is 0 Å². The maximum atomic E-state index is 5.73. The highest BCUT2D eigenvalue weighted by molar-refractivity contribution is 5.31. The molecule has 1 aliphatic carbocycles. The van der Waals surface area contributed by atoms with E-state index in [1.807, 2.05) is 0 Å². The van der Waals surface area contributed by atoms with Crippen LogP contribution in [0, 0.1) is 5.92 Å². The van der Waals surface area contributed by atoms with E-state index >= 15 is 0 Å². The van der Waals surface area contributed by atoms with Crippen molar-refractivity contribution >= 4 is 0 Å². The maximum Gasteiger partial charge on any atom is 0.121 e. The van der Waals surface area contributed by atoms with Gasteiger partial charge in [-0.15, -0.1) is 0 Å². The summed E-state index contributed by atoms with van der Waals surface area (Å²) in [6, 6.07) is 0. The predicted octanol–water partition coefficient (Wildman–Crippen LogP) is 3.24. The molecule has 1 rings (SSSR count). The summed E-state index contributed by atoms with van der Waals surface area (Å²) in [6.07, 6.45) is 8.57. The standard InChI is InChI=1S/C13H21NO.CH4/c1-11-5-7-12(2)13(8-6-11)15-10-9-14(3)4;/h5-8,11H,9-10H2,1-4H3;1H4. The van der Waals surface area contributed by atoms with Crippen molar-refractivity contribution in [1.82, 2.24) is 4.90 Å². The second-order valence-electron chi connectivity index (χ2n) is 4.28. The molecule has 0 saturated heterocycles. The van der Waals surface area contributed by atoms with Crippen molar-refractivity contribution in [2.75, 3.05) is 27.2 Å². The van der Waals surface area contributed by atoms with Crippen LogP contribution in [0.15, 0.2) is 35.6 Å². The molecule has 0 saturated carbocycles. The number of likely N-dealkylation sites (N-methyl/N-ethyl adjacent to an activating group) is 1. The van der Waals surface area contributed by atoms with Crippen LogP contribution in [0.2, 0.25) is 0 Å². The average Bonchev–Trinajstić information content (AvgIpc) is 2.32. The van der Waals surface area contributed by atoms with Gasteiger partial charge >= 0.3 is 0 Å². The van der Waals surface area contributed by atoms with Gasteiger partial charge in [-0.05, 0) is 38.6 Å². The summed E-state index contributed by atoms with van der Waals surface area (Å²) >= 11 is 0. The lowest BCUT2D eigenvalue weighted by Gasteiger charge is -2.12. The molecule has 0 bridgehead atoms. The second-order valence-corrected chi connectivity index (χ2v) is 4.28. The average molecular weight is 223 g/mol. The highest BCUT2D eigenvalue weighted by Gasteiger charge is 2.03. The molecule has 0 fully saturated rings. The fraction of sp³-hybridized carbons (Fsp3) is 0.571. The molecular weight excluding hydrogens is 198 g/mol. The molecule has 2 nitrogen and oxygen atoms in total. The molecule has 16 heavy (non-hydrogen) atoms. The zero-order chi connectivity index (χ0) is 11.3. The number of rotatable bonds is 4. The zero-order valence-electron chi connectivity index (χ0n) is 10.2. The Balaban J connectivity index is 0.00000225. The molecule has 1 atom stereocenters. The first-order chi connectivity index (χ1) is 7.09. The summed E-state index contributed by atoms with van der Waals surface area (Å²) in [5.41, 5.74) is 1.20. The van der Waals surface area contributed by atoms with E-state index in [1.165, 1.54) is 5.57 Å². The third-order valence-corrected chi connectivity index (χ3v) is 2.39. The van der Waals surface area contributed by atoms with Crippen LogP contribution in [-0.4, -0.2) is 32.1 Å². The molecule has 0 radical (unpaired) electrons. The molecule has 1 aliphatic rings. The zero-order valence-corrected chi connectivity index (χ0v) is 10.2. The first kappa shape index (κ1) is 15.0. The van der Waals surface area contributed by atoms with Gasteiger partial charge < -0.3 is 9.64 Å². The lowest BCUT2D eigenvalue weighted by Crippen LogP contribution is -2.17. The smallest absolute Gasteiger partial charge is 0.121 e. The summed E-state index contributed by atoms with van der Waals surface area (Å²) in [6.45, 7) is 5.95. The van der Waals surface area contributed by atoms with Crippen molar-refractivity contribution < 1.29 is 4.74 Å². The van der Waals surface area contributed by atoms with E-state index in [9.17, 15) is 0 Å². The van der Waals surface area contributed by atoms with Gasteiger partial charge in [-0.25, -0.2) is 0 Å². The van der Waals surface area contributed by atoms with Crippen LogP contribution in [-0.2, 0) is 4.74 Å². The van der Waals surface area contributed by atoms with Crippen LogP contribution < -0.4 is 0 Å². The SMILES string of the molecule is C.CC1=C(OCCN(C)C)C=CC(C)C=C1. The Hall–Kier alpha value is -1.02. The molecule has 0 aromatic rings. The Morgan fingerprint density at radius 3 is 2.50 bits per heavy atom. The maximum absolute atomic E-state index is 5.73. The lowest BCUT2D eigenvalue weighted by molar-refractivity contribution is 0.191. The van der Waals surface area contributed by atoms with Gasteiger partial charge in [-0.1, -0.05) is 32.6 Å². The molecule has 0 aromatic carbocycles. The summed E-state index contributed by atoms with van der Waals surface area (Å²) < 4.78 is 5.73. The molecular formula is C14H25NO. The first-order valence-electron chi connectivity index (χ1n) is 5.44. The molecule has 0 aliphatic heterocycles. The third-order valence-electron chi connectivity index (χ3n) is 2.39. The van der Waals surface area contributed by atoms with Gasteiger partial charge in [0.1, 0.15) is 12.4 Å². The molecule has 0 amide bonds. The monoisotopic (exact) mass is 223 g/mol. The number of nitrogens with zero attached hydrogens (tertiary/aromatic N) is 1. The van der Waals surface area contributed by atoms with Crippen LogP contribution in [0.3, 0.4) is 0 Å². The predicted molar refractivity (Wildman–Crippen MR) is 71.4 cm³/mol. The van der Waals surface area contributed by atoms with Gasteiger partial charge in [-0.2, -0.15) is 0 Å². The van der Waals surface area contributed by atoms with E-state index in [2.05, 4.69) is 57.1 Å². The number of allylic oxidation sites excluding steroid dienone is 5. The van der Waals surface area contributed by atoms with Crippen molar-refractivity contribution in [2.45, 2.75) is 21.3 Å². The normalized spacial score (nSPS) is 19.7. The van der Waals surface area contributed by atoms with Gasteiger partial charge in [0.15, 0.2) is 0 Å². The van der Waals surface area contributed by atoms with Crippen molar-refractivity contribution in [1.29, 1.82) is 0 Å². The molecule has 1 unspecified atom stereocenters. The Kier molecular flexibility index (Phi) is 6.82. The first-order valence-corrected chi connectivity index (χ1v) is 5.44. The van der Waals surface area contributed by atoms with E-state index in [-0.39, 0.29) is 7.43 Å². The highest BCUT2D eigenvalue weighted by Crippen LogP contribution is 2.16. The molecule has 0 heterocycles. The van der Waals surface area contributed by atoms with Gasteiger partial charge in [0.05, 0.1) is 0 Å². The van der Waals surface area contributed by atoms with Gasteiger partial charge in [-0.3, -0.25) is 0 Å². The minimum atomic E-state index is 0. The van der Waals surface area contributed by atoms with E-state index < -0.39 is 0 Å². The van der Waals surface area contributed by atoms with E-state index in [4.69, 9.17) is 4.74 Å².